The minimum atomic E-state index is 0.402. The molecule has 1 saturated carbocycles. The number of rotatable bonds is 3. The zero-order valence-corrected chi connectivity index (χ0v) is 11.3. The van der Waals surface area contributed by atoms with E-state index in [4.69, 9.17) is 4.74 Å². The van der Waals surface area contributed by atoms with Crippen molar-refractivity contribution in [3.8, 4) is 0 Å². The quantitative estimate of drug-likeness (QED) is 0.911. The van der Waals surface area contributed by atoms with Crippen LogP contribution in [0, 0.1) is 0 Å². The molecule has 0 aliphatic heterocycles. The molecule has 1 aliphatic rings. The van der Waals surface area contributed by atoms with Crippen molar-refractivity contribution in [3.05, 3.63) is 36.5 Å². The summed E-state index contributed by atoms with van der Waals surface area (Å²) < 4.78 is 5.49. The summed E-state index contributed by atoms with van der Waals surface area (Å²) in [6.07, 6.45) is 6.97. The first-order valence-electron chi connectivity index (χ1n) is 7.00. The predicted molar refractivity (Wildman–Crippen MR) is 78.4 cm³/mol. The van der Waals surface area contributed by atoms with E-state index in [2.05, 4.69) is 34.6 Å². The van der Waals surface area contributed by atoms with E-state index in [-0.39, 0.29) is 0 Å². The second kappa shape index (κ2) is 5.57. The van der Waals surface area contributed by atoms with Gasteiger partial charge in [-0.3, -0.25) is 4.98 Å². The topological polar surface area (TPSA) is 34.1 Å². The number of nitrogens with zero attached hydrogens (tertiary/aromatic N) is 1. The molecule has 3 rings (SSSR count). The van der Waals surface area contributed by atoms with Crippen molar-refractivity contribution in [1.29, 1.82) is 0 Å². The van der Waals surface area contributed by atoms with Crippen molar-refractivity contribution in [2.75, 3.05) is 12.4 Å². The standard InChI is InChI=1S/C16H20N2O/c1-19-13-6-2-5-12(11-13)18-16-9-3-8-15-14(16)7-4-10-17-15/h3-4,7-10,12-13,18H,2,5-6,11H2,1H3. The monoisotopic (exact) mass is 256 g/mol. The molecule has 0 radical (unpaired) electrons. The number of benzene rings is 1. The Morgan fingerprint density at radius 3 is 3.05 bits per heavy atom. The van der Waals surface area contributed by atoms with Crippen LogP contribution in [0.2, 0.25) is 0 Å². The highest BCUT2D eigenvalue weighted by molar-refractivity contribution is 5.91. The predicted octanol–water partition coefficient (Wildman–Crippen LogP) is 3.60. The minimum Gasteiger partial charge on any atom is -0.382 e. The minimum absolute atomic E-state index is 0.402. The van der Waals surface area contributed by atoms with Crippen LogP contribution in [-0.4, -0.2) is 24.2 Å². The van der Waals surface area contributed by atoms with E-state index in [1.807, 2.05) is 19.4 Å². The van der Waals surface area contributed by atoms with E-state index in [1.165, 1.54) is 30.3 Å². The van der Waals surface area contributed by atoms with E-state index < -0.39 is 0 Å². The third-order valence-corrected chi connectivity index (χ3v) is 3.96. The Morgan fingerprint density at radius 1 is 1.21 bits per heavy atom. The van der Waals surface area contributed by atoms with Gasteiger partial charge < -0.3 is 10.1 Å². The maximum absolute atomic E-state index is 5.49. The molecule has 2 unspecified atom stereocenters. The number of hydrogen-bond acceptors (Lipinski definition) is 3. The molecule has 0 saturated heterocycles. The molecule has 1 aliphatic carbocycles. The van der Waals surface area contributed by atoms with Crippen LogP contribution in [0.25, 0.3) is 10.9 Å². The maximum atomic E-state index is 5.49. The van der Waals surface area contributed by atoms with E-state index in [9.17, 15) is 0 Å². The van der Waals surface area contributed by atoms with Crippen LogP contribution in [-0.2, 0) is 4.74 Å². The van der Waals surface area contributed by atoms with Crippen LogP contribution in [0.5, 0.6) is 0 Å². The highest BCUT2D eigenvalue weighted by Gasteiger charge is 2.21. The van der Waals surface area contributed by atoms with E-state index in [0.717, 1.165) is 11.9 Å². The summed E-state index contributed by atoms with van der Waals surface area (Å²) in [7, 11) is 1.81. The van der Waals surface area contributed by atoms with Gasteiger partial charge in [0.25, 0.3) is 0 Å². The van der Waals surface area contributed by atoms with E-state index in [0.29, 0.717) is 12.1 Å². The normalized spacial score (nSPS) is 23.4. The summed E-state index contributed by atoms with van der Waals surface area (Å²) in [5.41, 5.74) is 2.24. The van der Waals surface area contributed by atoms with Gasteiger partial charge in [0.15, 0.2) is 0 Å². The zero-order valence-electron chi connectivity index (χ0n) is 11.3. The van der Waals surface area contributed by atoms with Crippen molar-refractivity contribution >= 4 is 16.6 Å². The smallest absolute Gasteiger partial charge is 0.0722 e. The fraction of sp³-hybridized carbons (Fsp3) is 0.438. The van der Waals surface area contributed by atoms with Gasteiger partial charge in [0.1, 0.15) is 0 Å². The molecule has 0 spiro atoms. The first kappa shape index (κ1) is 12.4. The number of hydrogen-bond donors (Lipinski definition) is 1. The first-order valence-corrected chi connectivity index (χ1v) is 7.00. The lowest BCUT2D eigenvalue weighted by Crippen LogP contribution is -2.31. The molecular weight excluding hydrogens is 236 g/mol. The Balaban J connectivity index is 1.81. The van der Waals surface area contributed by atoms with Crippen LogP contribution in [0.3, 0.4) is 0 Å². The molecule has 3 nitrogen and oxygen atoms in total. The number of aromatic nitrogens is 1. The number of nitrogens with one attached hydrogen (secondary N) is 1. The molecular formula is C16H20N2O. The third-order valence-electron chi connectivity index (χ3n) is 3.96. The van der Waals surface area contributed by atoms with Crippen molar-refractivity contribution in [3.63, 3.8) is 0 Å². The van der Waals surface area contributed by atoms with Crippen LogP contribution in [0.1, 0.15) is 25.7 Å². The number of ether oxygens (including phenoxy) is 1. The highest BCUT2D eigenvalue weighted by Crippen LogP contribution is 2.27. The lowest BCUT2D eigenvalue weighted by Gasteiger charge is -2.29. The molecule has 1 fully saturated rings. The van der Waals surface area contributed by atoms with Crippen LogP contribution < -0.4 is 5.32 Å². The molecule has 1 aromatic heterocycles. The van der Waals surface area contributed by atoms with Crippen molar-refractivity contribution in [2.45, 2.75) is 37.8 Å². The largest absolute Gasteiger partial charge is 0.382 e. The summed E-state index contributed by atoms with van der Waals surface area (Å²) in [4.78, 5) is 4.40. The lowest BCUT2D eigenvalue weighted by atomic mass is 9.92. The molecule has 1 aromatic carbocycles. The molecule has 2 atom stereocenters. The van der Waals surface area contributed by atoms with E-state index >= 15 is 0 Å². The van der Waals surface area contributed by atoms with Gasteiger partial charge in [-0.2, -0.15) is 0 Å². The van der Waals surface area contributed by atoms with Crippen LogP contribution >= 0.6 is 0 Å². The first-order chi connectivity index (χ1) is 9.36. The van der Waals surface area contributed by atoms with Gasteiger partial charge in [-0.05, 0) is 49.9 Å². The van der Waals surface area contributed by atoms with Gasteiger partial charge in [0.2, 0.25) is 0 Å². The summed E-state index contributed by atoms with van der Waals surface area (Å²) >= 11 is 0. The summed E-state index contributed by atoms with van der Waals surface area (Å²) in [5.74, 6) is 0. The average Bonchev–Trinajstić information content (AvgIpc) is 2.48. The Morgan fingerprint density at radius 2 is 2.16 bits per heavy atom. The summed E-state index contributed by atoms with van der Waals surface area (Å²) in [6.45, 7) is 0. The maximum Gasteiger partial charge on any atom is 0.0722 e. The summed E-state index contributed by atoms with van der Waals surface area (Å²) in [6, 6.07) is 10.9. The number of pyridine rings is 1. The van der Waals surface area contributed by atoms with Crippen molar-refractivity contribution in [2.24, 2.45) is 0 Å². The number of fused-ring (bicyclic) bond motifs is 1. The Labute approximate surface area is 114 Å². The Kier molecular flexibility index (Phi) is 3.65. The molecule has 0 bridgehead atoms. The molecule has 100 valence electrons. The van der Waals surface area contributed by atoms with Gasteiger partial charge >= 0.3 is 0 Å². The highest BCUT2D eigenvalue weighted by atomic mass is 16.5. The van der Waals surface area contributed by atoms with Gasteiger partial charge in [0, 0.05) is 30.4 Å². The van der Waals surface area contributed by atoms with Gasteiger partial charge in [-0.25, -0.2) is 0 Å². The zero-order chi connectivity index (χ0) is 13.1. The van der Waals surface area contributed by atoms with Gasteiger partial charge in [-0.1, -0.05) is 6.07 Å². The molecule has 1 N–H and O–H groups in total. The number of methoxy groups -OCH3 is 1. The molecule has 19 heavy (non-hydrogen) atoms. The summed E-state index contributed by atoms with van der Waals surface area (Å²) in [5, 5.41) is 4.87. The molecule has 2 aromatic rings. The molecule has 3 heteroatoms. The van der Waals surface area contributed by atoms with Gasteiger partial charge in [0.05, 0.1) is 11.6 Å². The fourth-order valence-electron chi connectivity index (χ4n) is 2.94. The Hall–Kier alpha value is -1.61. The second-order valence-corrected chi connectivity index (χ2v) is 5.24. The van der Waals surface area contributed by atoms with Crippen LogP contribution in [0.15, 0.2) is 36.5 Å². The van der Waals surface area contributed by atoms with Gasteiger partial charge in [-0.15, -0.1) is 0 Å². The fourth-order valence-corrected chi connectivity index (χ4v) is 2.94. The van der Waals surface area contributed by atoms with Crippen LogP contribution in [0.4, 0.5) is 5.69 Å². The van der Waals surface area contributed by atoms with Crippen molar-refractivity contribution < 1.29 is 4.74 Å². The Bertz CT molecular complexity index is 550. The second-order valence-electron chi connectivity index (χ2n) is 5.24. The SMILES string of the molecule is COC1CCCC(Nc2cccc3ncccc23)C1. The number of anilines is 1. The average molecular weight is 256 g/mol. The third kappa shape index (κ3) is 2.71. The van der Waals surface area contributed by atoms with Crippen molar-refractivity contribution in [1.82, 2.24) is 4.98 Å². The van der Waals surface area contributed by atoms with E-state index in [1.54, 1.807) is 0 Å². The lowest BCUT2D eigenvalue weighted by molar-refractivity contribution is 0.0669. The molecule has 1 heterocycles. The molecule has 0 amide bonds.